The SMILES string of the molecule is COC(=O)[C@H](C)N1C(=O)[C@H](N2C(=O)c3ccccc3C2=O)C[C@@]2(OO)C1=Nc1ccccc12. The summed E-state index contributed by atoms with van der Waals surface area (Å²) in [5.41, 5.74) is -0.452. The highest BCUT2D eigenvalue weighted by Crippen LogP contribution is 2.49. The second-order valence-corrected chi connectivity index (χ2v) is 8.02. The Bertz CT molecular complexity index is 1220. The number of hydrogen-bond acceptors (Lipinski definition) is 8. The summed E-state index contributed by atoms with van der Waals surface area (Å²) in [4.78, 5) is 63.8. The van der Waals surface area contributed by atoms with E-state index in [4.69, 9.17) is 9.62 Å². The summed E-state index contributed by atoms with van der Waals surface area (Å²) in [6.45, 7) is 1.43. The van der Waals surface area contributed by atoms with E-state index in [9.17, 15) is 24.4 Å². The van der Waals surface area contributed by atoms with Crippen molar-refractivity contribution in [2.75, 3.05) is 7.11 Å². The molecule has 0 unspecified atom stereocenters. The van der Waals surface area contributed by atoms with E-state index in [-0.39, 0.29) is 23.4 Å². The number of benzene rings is 2. The molecule has 10 heteroatoms. The number of amidine groups is 1. The molecule has 3 aliphatic rings. The molecule has 10 nitrogen and oxygen atoms in total. The zero-order valence-corrected chi connectivity index (χ0v) is 17.7. The number of likely N-dealkylation sites (tertiary alicyclic amines) is 1. The molecular weight excluding hydrogens is 430 g/mol. The number of ether oxygens (including phenoxy) is 1. The van der Waals surface area contributed by atoms with Gasteiger partial charge >= 0.3 is 5.97 Å². The highest BCUT2D eigenvalue weighted by Gasteiger charge is 2.61. The van der Waals surface area contributed by atoms with Crippen LogP contribution in [0.3, 0.4) is 0 Å². The number of aliphatic imine (C=N–C) groups is 1. The average molecular weight is 449 g/mol. The van der Waals surface area contributed by atoms with E-state index >= 15 is 0 Å². The fourth-order valence-electron chi connectivity index (χ4n) is 4.78. The van der Waals surface area contributed by atoms with Crippen LogP contribution in [0.1, 0.15) is 39.6 Å². The average Bonchev–Trinajstić information content (AvgIpc) is 3.30. The molecular formula is C23H19N3O7. The van der Waals surface area contributed by atoms with E-state index in [0.29, 0.717) is 11.3 Å². The lowest BCUT2D eigenvalue weighted by molar-refractivity contribution is -0.311. The molecule has 1 saturated heterocycles. The Kier molecular flexibility index (Phi) is 4.66. The third-order valence-corrected chi connectivity index (χ3v) is 6.38. The molecule has 2 aromatic carbocycles. The molecule has 3 atom stereocenters. The Balaban J connectivity index is 1.67. The lowest BCUT2D eigenvalue weighted by atomic mass is 9.81. The van der Waals surface area contributed by atoms with E-state index in [1.807, 2.05) is 0 Å². The number of esters is 1. The van der Waals surface area contributed by atoms with Gasteiger partial charge < -0.3 is 4.74 Å². The summed E-state index contributed by atoms with van der Waals surface area (Å²) in [7, 11) is 1.18. The van der Waals surface area contributed by atoms with Crippen molar-refractivity contribution in [3.63, 3.8) is 0 Å². The molecule has 3 aliphatic heterocycles. The molecule has 0 radical (unpaired) electrons. The third-order valence-electron chi connectivity index (χ3n) is 6.38. The predicted octanol–water partition coefficient (Wildman–Crippen LogP) is 1.87. The van der Waals surface area contributed by atoms with Gasteiger partial charge in [0.25, 0.3) is 17.7 Å². The second kappa shape index (κ2) is 7.32. The maximum Gasteiger partial charge on any atom is 0.328 e. The Labute approximate surface area is 187 Å². The number of piperidine rings is 1. The zero-order chi connectivity index (χ0) is 23.5. The largest absolute Gasteiger partial charge is 0.467 e. The van der Waals surface area contributed by atoms with Crippen LogP contribution in [0.15, 0.2) is 53.5 Å². The van der Waals surface area contributed by atoms with Crippen LogP contribution < -0.4 is 0 Å². The van der Waals surface area contributed by atoms with Crippen molar-refractivity contribution in [2.24, 2.45) is 4.99 Å². The number of carbonyl (C=O) groups excluding carboxylic acids is 4. The summed E-state index contributed by atoms with van der Waals surface area (Å²) in [6.07, 6.45) is -0.270. The molecule has 0 saturated carbocycles. The fourth-order valence-corrected chi connectivity index (χ4v) is 4.78. The van der Waals surface area contributed by atoms with Crippen LogP contribution >= 0.6 is 0 Å². The Morgan fingerprint density at radius 1 is 1.09 bits per heavy atom. The highest BCUT2D eigenvalue weighted by atomic mass is 17.1. The standard InChI is InChI=1S/C23H19N3O7/c1-12(21(30)32-2)25-20(29)17(26-18(27)13-7-3-4-8-14(13)19(26)28)11-23(33-31)15-9-5-6-10-16(15)24-22(23)25/h3-10,12,17,31H,11H2,1-2H3/t12-,17+,23-/m0/s1. The Morgan fingerprint density at radius 2 is 1.70 bits per heavy atom. The molecule has 1 N–H and O–H groups in total. The van der Waals surface area contributed by atoms with Crippen LogP contribution in [0.5, 0.6) is 0 Å². The number of nitrogens with zero attached hydrogens (tertiary/aromatic N) is 3. The molecule has 0 aliphatic carbocycles. The Morgan fingerprint density at radius 3 is 2.30 bits per heavy atom. The minimum absolute atomic E-state index is 0.0121. The molecule has 0 bridgehead atoms. The normalized spacial score (nSPS) is 24.3. The van der Waals surface area contributed by atoms with Gasteiger partial charge in [-0.1, -0.05) is 30.3 Å². The lowest BCUT2D eigenvalue weighted by Gasteiger charge is -2.45. The van der Waals surface area contributed by atoms with Crippen molar-refractivity contribution in [2.45, 2.75) is 31.0 Å². The number of amides is 3. The fraction of sp³-hybridized carbons (Fsp3) is 0.261. The zero-order valence-electron chi connectivity index (χ0n) is 17.7. The highest BCUT2D eigenvalue weighted by molar-refractivity contribution is 6.24. The van der Waals surface area contributed by atoms with Crippen LogP contribution in [0.4, 0.5) is 5.69 Å². The topological polar surface area (TPSA) is 126 Å². The number of carbonyl (C=O) groups is 4. The van der Waals surface area contributed by atoms with Gasteiger partial charge in [-0.2, -0.15) is 0 Å². The van der Waals surface area contributed by atoms with Gasteiger partial charge in [-0.15, -0.1) is 0 Å². The summed E-state index contributed by atoms with van der Waals surface area (Å²) >= 11 is 0. The van der Waals surface area contributed by atoms with Gasteiger partial charge in [-0.05, 0) is 25.1 Å². The van der Waals surface area contributed by atoms with Crippen LogP contribution in [0, 0.1) is 0 Å². The summed E-state index contributed by atoms with van der Waals surface area (Å²) in [5.74, 6) is -2.74. The van der Waals surface area contributed by atoms with Crippen molar-refractivity contribution >= 4 is 35.2 Å². The van der Waals surface area contributed by atoms with E-state index in [2.05, 4.69) is 4.99 Å². The van der Waals surface area contributed by atoms with E-state index in [1.54, 1.807) is 36.4 Å². The Hall–Kier alpha value is -3.89. The minimum Gasteiger partial charge on any atom is -0.467 e. The van der Waals surface area contributed by atoms with Crippen molar-refractivity contribution in [1.82, 2.24) is 9.80 Å². The van der Waals surface area contributed by atoms with E-state index in [1.165, 1.54) is 26.2 Å². The number of methoxy groups -OCH3 is 1. The molecule has 1 fully saturated rings. The van der Waals surface area contributed by atoms with Crippen molar-refractivity contribution in [1.29, 1.82) is 0 Å². The van der Waals surface area contributed by atoms with Gasteiger partial charge in [0.05, 0.1) is 23.9 Å². The molecule has 3 heterocycles. The van der Waals surface area contributed by atoms with Crippen molar-refractivity contribution in [3.8, 4) is 0 Å². The first kappa shape index (κ1) is 21.0. The molecule has 0 aromatic heterocycles. The maximum absolute atomic E-state index is 13.7. The van der Waals surface area contributed by atoms with Crippen molar-refractivity contribution in [3.05, 3.63) is 65.2 Å². The minimum atomic E-state index is -1.67. The summed E-state index contributed by atoms with van der Waals surface area (Å²) < 4.78 is 4.82. The number of hydrogen-bond donors (Lipinski definition) is 1. The first-order valence-corrected chi connectivity index (χ1v) is 10.2. The van der Waals surface area contributed by atoms with Gasteiger partial charge in [0.1, 0.15) is 12.1 Å². The molecule has 0 spiro atoms. The predicted molar refractivity (Wildman–Crippen MR) is 113 cm³/mol. The van der Waals surface area contributed by atoms with Crippen molar-refractivity contribution < 1.29 is 34.1 Å². The second-order valence-electron chi connectivity index (χ2n) is 8.02. The molecule has 168 valence electrons. The molecule has 5 rings (SSSR count). The van der Waals surface area contributed by atoms with Gasteiger partial charge in [0, 0.05) is 12.0 Å². The maximum atomic E-state index is 13.7. The number of fused-ring (bicyclic) bond motifs is 4. The van der Waals surface area contributed by atoms with Crippen LogP contribution in [-0.2, 0) is 24.8 Å². The van der Waals surface area contributed by atoms with E-state index in [0.717, 1.165) is 9.80 Å². The number of para-hydroxylation sites is 1. The van der Waals surface area contributed by atoms with Gasteiger partial charge in [0.15, 0.2) is 11.4 Å². The number of imide groups is 1. The van der Waals surface area contributed by atoms with Crippen LogP contribution in [0.25, 0.3) is 0 Å². The first-order chi connectivity index (χ1) is 15.9. The smallest absolute Gasteiger partial charge is 0.328 e. The monoisotopic (exact) mass is 449 g/mol. The lowest BCUT2D eigenvalue weighted by Crippen LogP contribution is -2.66. The molecule has 33 heavy (non-hydrogen) atoms. The first-order valence-electron chi connectivity index (χ1n) is 10.2. The van der Waals surface area contributed by atoms with Gasteiger partial charge in [-0.25, -0.2) is 14.7 Å². The molecule has 2 aromatic rings. The van der Waals surface area contributed by atoms with E-state index < -0.39 is 41.4 Å². The van der Waals surface area contributed by atoms with Gasteiger partial charge in [-0.3, -0.25) is 29.4 Å². The molecule has 3 amide bonds. The van der Waals surface area contributed by atoms with Crippen LogP contribution in [-0.4, -0.2) is 63.8 Å². The third kappa shape index (κ3) is 2.71. The van der Waals surface area contributed by atoms with Crippen LogP contribution in [0.2, 0.25) is 0 Å². The number of rotatable bonds is 4. The summed E-state index contributed by atoms with van der Waals surface area (Å²) in [5, 5.41) is 10.1. The van der Waals surface area contributed by atoms with Gasteiger partial charge in [0.2, 0.25) is 0 Å². The summed E-state index contributed by atoms with van der Waals surface area (Å²) in [6, 6.07) is 10.5. The quantitative estimate of drug-likeness (QED) is 0.327.